The predicted octanol–water partition coefficient (Wildman–Crippen LogP) is 1.44. The summed E-state index contributed by atoms with van der Waals surface area (Å²) in [5, 5.41) is 3.97. The first-order valence-corrected chi connectivity index (χ1v) is 6.39. The highest BCUT2D eigenvalue weighted by molar-refractivity contribution is 6.31. The van der Waals surface area contributed by atoms with Gasteiger partial charge >= 0.3 is 0 Å². The molecular weight excluding hydrogens is 236 g/mol. The van der Waals surface area contributed by atoms with Crippen LogP contribution in [0.1, 0.15) is 11.1 Å². The number of nitrogens with one attached hydrogen (secondary N) is 1. The van der Waals surface area contributed by atoms with Crippen molar-refractivity contribution in [1.29, 1.82) is 0 Å². The maximum atomic E-state index is 12.1. The van der Waals surface area contributed by atoms with E-state index in [2.05, 4.69) is 11.4 Å². The molecule has 0 radical (unpaired) electrons. The van der Waals surface area contributed by atoms with Gasteiger partial charge in [0.1, 0.15) is 0 Å². The van der Waals surface area contributed by atoms with E-state index < -0.39 is 0 Å². The summed E-state index contributed by atoms with van der Waals surface area (Å²) < 4.78 is 0. The molecule has 0 unspecified atom stereocenters. The lowest BCUT2D eigenvalue weighted by atomic mass is 9.96. The Morgan fingerprint density at radius 3 is 2.94 bits per heavy atom. The van der Waals surface area contributed by atoms with Gasteiger partial charge in [0.25, 0.3) is 0 Å². The lowest BCUT2D eigenvalue weighted by molar-refractivity contribution is -0.138. The summed E-state index contributed by atoms with van der Waals surface area (Å²) in [6.07, 6.45) is 0.876. The Balaban J connectivity index is 1.78. The Bertz CT molecular complexity index is 457. The summed E-state index contributed by atoms with van der Waals surface area (Å²) in [4.78, 5) is 14.1. The van der Waals surface area contributed by atoms with E-state index in [4.69, 9.17) is 11.6 Å². The number of nitrogens with zero attached hydrogens (tertiary/aromatic N) is 1. The molecule has 1 N–H and O–H groups in total. The van der Waals surface area contributed by atoms with Crippen LogP contribution in [0.2, 0.25) is 5.02 Å². The molecule has 17 heavy (non-hydrogen) atoms. The van der Waals surface area contributed by atoms with Crippen molar-refractivity contribution in [3.8, 4) is 0 Å². The Kier molecular flexibility index (Phi) is 2.81. The molecule has 90 valence electrons. The van der Waals surface area contributed by atoms with E-state index in [-0.39, 0.29) is 11.8 Å². The Labute approximate surface area is 106 Å². The molecule has 1 saturated heterocycles. The molecule has 4 heteroatoms. The number of hydrogen-bond donors (Lipinski definition) is 1. The first-order valence-electron chi connectivity index (χ1n) is 6.01. The average Bonchev–Trinajstić information content (AvgIpc) is 2.26. The third-order valence-electron chi connectivity index (χ3n) is 3.65. The van der Waals surface area contributed by atoms with Crippen LogP contribution in [-0.4, -0.2) is 30.4 Å². The van der Waals surface area contributed by atoms with E-state index in [1.807, 2.05) is 17.0 Å². The molecular formula is C13H15ClN2O. The average molecular weight is 251 g/mol. The predicted molar refractivity (Wildman–Crippen MR) is 66.9 cm³/mol. The fourth-order valence-electron chi connectivity index (χ4n) is 2.47. The van der Waals surface area contributed by atoms with Gasteiger partial charge in [0, 0.05) is 31.2 Å². The van der Waals surface area contributed by atoms with E-state index in [1.165, 1.54) is 11.1 Å². The molecule has 2 aliphatic rings. The Morgan fingerprint density at radius 1 is 1.41 bits per heavy atom. The lowest BCUT2D eigenvalue weighted by Crippen LogP contribution is -2.52. The maximum absolute atomic E-state index is 12.1. The fraction of sp³-hybridized carbons (Fsp3) is 0.462. The van der Waals surface area contributed by atoms with Crippen LogP contribution in [0.25, 0.3) is 0 Å². The van der Waals surface area contributed by atoms with E-state index in [1.54, 1.807) is 0 Å². The van der Waals surface area contributed by atoms with Crippen molar-refractivity contribution in [2.24, 2.45) is 5.92 Å². The van der Waals surface area contributed by atoms with Crippen molar-refractivity contribution in [3.63, 3.8) is 0 Å². The van der Waals surface area contributed by atoms with Crippen LogP contribution >= 0.6 is 11.6 Å². The van der Waals surface area contributed by atoms with Crippen LogP contribution in [0.4, 0.5) is 0 Å². The minimum absolute atomic E-state index is 0.190. The summed E-state index contributed by atoms with van der Waals surface area (Å²) in [6.45, 7) is 3.17. The molecule has 0 atom stereocenters. The second-order valence-corrected chi connectivity index (χ2v) is 5.15. The van der Waals surface area contributed by atoms with E-state index in [9.17, 15) is 4.79 Å². The second-order valence-electron chi connectivity index (χ2n) is 4.74. The highest BCUT2D eigenvalue weighted by Crippen LogP contribution is 2.26. The van der Waals surface area contributed by atoms with Crippen LogP contribution in [0.5, 0.6) is 0 Å². The summed E-state index contributed by atoms with van der Waals surface area (Å²) in [5.41, 5.74) is 2.41. The van der Waals surface area contributed by atoms with Crippen molar-refractivity contribution in [2.45, 2.75) is 13.0 Å². The molecule has 1 aromatic rings. The summed E-state index contributed by atoms with van der Waals surface area (Å²) in [5.74, 6) is 0.477. The third-order valence-corrected chi connectivity index (χ3v) is 4.01. The zero-order valence-corrected chi connectivity index (χ0v) is 10.3. The minimum atomic E-state index is 0.190. The molecule has 0 bridgehead atoms. The van der Waals surface area contributed by atoms with Crippen molar-refractivity contribution in [1.82, 2.24) is 10.2 Å². The molecule has 2 aliphatic heterocycles. The number of carbonyl (C=O) groups excluding carboxylic acids is 1. The van der Waals surface area contributed by atoms with Crippen LogP contribution < -0.4 is 5.32 Å². The molecule has 3 nitrogen and oxygen atoms in total. The molecule has 0 spiro atoms. The van der Waals surface area contributed by atoms with Gasteiger partial charge in [-0.2, -0.15) is 0 Å². The first kappa shape index (κ1) is 11.1. The van der Waals surface area contributed by atoms with E-state index in [0.29, 0.717) is 6.54 Å². The minimum Gasteiger partial charge on any atom is -0.338 e. The highest BCUT2D eigenvalue weighted by atomic mass is 35.5. The van der Waals surface area contributed by atoms with Crippen molar-refractivity contribution in [3.05, 3.63) is 34.3 Å². The zero-order valence-electron chi connectivity index (χ0n) is 9.58. The van der Waals surface area contributed by atoms with Gasteiger partial charge in [0.2, 0.25) is 5.91 Å². The van der Waals surface area contributed by atoms with Crippen LogP contribution in [0, 0.1) is 5.92 Å². The third kappa shape index (κ3) is 1.94. The van der Waals surface area contributed by atoms with Crippen molar-refractivity contribution >= 4 is 17.5 Å². The highest BCUT2D eigenvalue weighted by Gasteiger charge is 2.31. The number of halogens is 1. The van der Waals surface area contributed by atoms with Gasteiger partial charge in [0.15, 0.2) is 0 Å². The summed E-state index contributed by atoms with van der Waals surface area (Å²) >= 11 is 6.16. The van der Waals surface area contributed by atoms with Gasteiger partial charge in [-0.15, -0.1) is 0 Å². The topological polar surface area (TPSA) is 32.3 Å². The van der Waals surface area contributed by atoms with Crippen LogP contribution in [0.3, 0.4) is 0 Å². The van der Waals surface area contributed by atoms with Crippen molar-refractivity contribution in [2.75, 3.05) is 19.6 Å². The number of rotatable bonds is 1. The Morgan fingerprint density at radius 2 is 2.24 bits per heavy atom. The number of fused-ring (bicyclic) bond motifs is 1. The van der Waals surface area contributed by atoms with Gasteiger partial charge in [0.05, 0.1) is 5.92 Å². The molecule has 3 rings (SSSR count). The smallest absolute Gasteiger partial charge is 0.228 e. The normalized spacial score (nSPS) is 19.7. The molecule has 1 aromatic carbocycles. The van der Waals surface area contributed by atoms with Gasteiger partial charge in [-0.05, 0) is 23.6 Å². The second kappa shape index (κ2) is 4.31. The van der Waals surface area contributed by atoms with Gasteiger partial charge in [-0.3, -0.25) is 4.79 Å². The first-order chi connectivity index (χ1) is 8.25. The van der Waals surface area contributed by atoms with Gasteiger partial charge in [-0.1, -0.05) is 23.7 Å². The molecule has 1 fully saturated rings. The summed E-state index contributed by atoms with van der Waals surface area (Å²) in [7, 11) is 0. The molecule has 2 heterocycles. The van der Waals surface area contributed by atoms with E-state index in [0.717, 1.165) is 31.1 Å². The molecule has 0 aliphatic carbocycles. The quantitative estimate of drug-likeness (QED) is 0.818. The number of hydrogen-bond acceptors (Lipinski definition) is 2. The van der Waals surface area contributed by atoms with E-state index >= 15 is 0 Å². The van der Waals surface area contributed by atoms with Crippen molar-refractivity contribution < 1.29 is 4.79 Å². The summed E-state index contributed by atoms with van der Waals surface area (Å²) in [6, 6.07) is 5.95. The van der Waals surface area contributed by atoms with Crippen LogP contribution in [-0.2, 0) is 17.8 Å². The van der Waals surface area contributed by atoms with Crippen LogP contribution in [0.15, 0.2) is 18.2 Å². The molecule has 0 aromatic heterocycles. The maximum Gasteiger partial charge on any atom is 0.228 e. The molecule has 1 amide bonds. The number of carbonyl (C=O) groups is 1. The SMILES string of the molecule is O=C(C1CNC1)N1CCc2c(Cl)cccc2C1. The zero-order chi connectivity index (χ0) is 11.8. The van der Waals surface area contributed by atoms with Gasteiger partial charge in [-0.25, -0.2) is 0 Å². The monoisotopic (exact) mass is 250 g/mol. The number of amides is 1. The Hall–Kier alpha value is -1.06. The van der Waals surface area contributed by atoms with Gasteiger partial charge < -0.3 is 10.2 Å². The lowest BCUT2D eigenvalue weighted by Gasteiger charge is -2.35. The largest absolute Gasteiger partial charge is 0.338 e. The standard InChI is InChI=1S/C13H15ClN2O/c14-12-3-1-2-9-8-16(5-4-11(9)12)13(17)10-6-15-7-10/h1-3,10,15H,4-8H2. The fourth-order valence-corrected chi connectivity index (χ4v) is 2.76. The molecule has 0 saturated carbocycles. The number of benzene rings is 1.